The summed E-state index contributed by atoms with van der Waals surface area (Å²) >= 11 is 0. The van der Waals surface area contributed by atoms with Crippen LogP contribution in [0.1, 0.15) is 60.8 Å². The van der Waals surface area contributed by atoms with E-state index in [2.05, 4.69) is 41.5 Å². The van der Waals surface area contributed by atoms with Crippen LogP contribution < -0.4 is 0 Å². The molecule has 0 N–H and O–H groups in total. The Hall–Kier alpha value is -0.413. The van der Waals surface area contributed by atoms with Gasteiger partial charge in [-0.05, 0) is 35.5 Å². The molecule has 0 aromatic rings. The third-order valence-corrected chi connectivity index (χ3v) is 11.6. The first-order chi connectivity index (χ1) is 9.29. The lowest BCUT2D eigenvalue weighted by Gasteiger charge is -2.45. The number of carbonyl (C=O) groups excluding carboxylic acids is 1. The summed E-state index contributed by atoms with van der Waals surface area (Å²) in [6, 6.07) is 0. The molecule has 0 unspecified atom stereocenters. The molecule has 0 heterocycles. The Kier molecular flexibility index (Phi) is 4.60. The van der Waals surface area contributed by atoms with Crippen molar-refractivity contribution in [2.45, 2.75) is 83.5 Å². The topological polar surface area (TPSA) is 26.3 Å². The summed E-state index contributed by atoms with van der Waals surface area (Å²) in [5.41, 5.74) is 3.21. The molecule has 0 saturated heterocycles. The lowest BCUT2D eigenvalue weighted by Crippen LogP contribution is -2.50. The molecule has 0 bridgehead atoms. The minimum absolute atomic E-state index is 0.298. The number of allylic oxidation sites excluding steroid dienone is 1. The predicted molar refractivity (Wildman–Crippen MR) is 86.4 cm³/mol. The van der Waals surface area contributed by atoms with E-state index in [-0.39, 0.29) is 0 Å². The van der Waals surface area contributed by atoms with E-state index in [4.69, 9.17) is 4.43 Å². The number of hydrogen-bond donors (Lipinski definition) is 0. The highest BCUT2D eigenvalue weighted by Gasteiger charge is 2.49. The molecule has 0 aromatic carbocycles. The van der Waals surface area contributed by atoms with Crippen LogP contribution >= 0.6 is 0 Å². The van der Waals surface area contributed by atoms with Crippen LogP contribution in [0.3, 0.4) is 0 Å². The van der Waals surface area contributed by atoms with Gasteiger partial charge in [-0.2, -0.15) is 0 Å². The number of fused-ring (bicyclic) bond motifs is 1. The highest BCUT2D eigenvalue weighted by atomic mass is 28.4. The average Bonchev–Trinajstić information content (AvgIpc) is 2.84. The van der Waals surface area contributed by atoms with Crippen molar-refractivity contribution in [3.8, 4) is 0 Å². The van der Waals surface area contributed by atoms with Gasteiger partial charge in [-0.3, -0.25) is 4.79 Å². The molecule has 0 aliphatic heterocycles. The normalized spacial score (nSPS) is 26.9. The molecule has 1 saturated carbocycles. The minimum Gasteiger partial charge on any atom is -0.413 e. The Labute approximate surface area is 125 Å². The van der Waals surface area contributed by atoms with Gasteiger partial charge in [-0.1, -0.05) is 47.1 Å². The van der Waals surface area contributed by atoms with Crippen molar-refractivity contribution in [3.05, 3.63) is 11.6 Å². The predicted octanol–water partition coefficient (Wildman–Crippen LogP) is 4.86. The van der Waals surface area contributed by atoms with E-state index in [1.807, 2.05) is 6.08 Å². The molecule has 2 atom stereocenters. The van der Waals surface area contributed by atoms with Gasteiger partial charge in [0.2, 0.25) is 8.32 Å². The third-order valence-electron chi connectivity index (χ3n) is 5.47. The molecule has 3 heteroatoms. The molecule has 1 fully saturated rings. The maximum absolute atomic E-state index is 11.6. The van der Waals surface area contributed by atoms with Gasteiger partial charge in [0.1, 0.15) is 0 Å². The second kappa shape index (κ2) is 5.76. The molecule has 0 spiro atoms. The van der Waals surface area contributed by atoms with Crippen LogP contribution in [0.15, 0.2) is 11.6 Å². The summed E-state index contributed by atoms with van der Waals surface area (Å²) in [5, 5.41) is 0. The van der Waals surface area contributed by atoms with E-state index in [0.717, 1.165) is 12.8 Å². The van der Waals surface area contributed by atoms with Crippen molar-refractivity contribution in [2.24, 2.45) is 5.92 Å². The standard InChI is InChI=1S/C17H30O2Si/c1-11(2)20(12(3)4,13(5)6)19-17-8-7-14-9-15(18)10-16(14)17/h9,11-13,16-17H,7-8,10H2,1-6H3/t16-,17-/m1/s1. The molecule has 2 aliphatic carbocycles. The van der Waals surface area contributed by atoms with E-state index >= 15 is 0 Å². The zero-order chi connectivity index (χ0) is 15.1. The van der Waals surface area contributed by atoms with Crippen molar-refractivity contribution in [1.29, 1.82) is 0 Å². The van der Waals surface area contributed by atoms with E-state index in [1.165, 1.54) is 5.57 Å². The van der Waals surface area contributed by atoms with Crippen LogP contribution in [0, 0.1) is 5.92 Å². The fourth-order valence-electron chi connectivity index (χ4n) is 4.67. The van der Waals surface area contributed by atoms with Gasteiger partial charge in [-0.15, -0.1) is 0 Å². The number of hydrogen-bond acceptors (Lipinski definition) is 2. The molecule has 0 radical (unpaired) electrons. The average molecular weight is 295 g/mol. The zero-order valence-corrected chi connectivity index (χ0v) is 14.9. The van der Waals surface area contributed by atoms with Gasteiger partial charge in [0.25, 0.3) is 0 Å². The Morgan fingerprint density at radius 1 is 1.10 bits per heavy atom. The first-order valence-corrected chi connectivity index (χ1v) is 10.3. The molecular weight excluding hydrogens is 264 g/mol. The van der Waals surface area contributed by atoms with Crippen LogP contribution in [0.5, 0.6) is 0 Å². The summed E-state index contributed by atoms with van der Waals surface area (Å²) in [7, 11) is -1.81. The fraction of sp³-hybridized carbons (Fsp3) is 0.824. The van der Waals surface area contributed by atoms with Crippen molar-refractivity contribution in [3.63, 3.8) is 0 Å². The maximum atomic E-state index is 11.6. The van der Waals surface area contributed by atoms with Gasteiger partial charge in [0.15, 0.2) is 5.78 Å². The lowest BCUT2D eigenvalue weighted by molar-refractivity contribution is -0.114. The van der Waals surface area contributed by atoms with Crippen molar-refractivity contribution in [2.75, 3.05) is 0 Å². The van der Waals surface area contributed by atoms with Gasteiger partial charge in [0, 0.05) is 12.3 Å². The SMILES string of the molecule is CC(C)[Si](O[C@@H]1CCC2=CC(=O)C[C@H]21)(C(C)C)C(C)C. The highest BCUT2D eigenvalue weighted by molar-refractivity contribution is 6.77. The molecule has 0 amide bonds. The van der Waals surface area contributed by atoms with E-state index in [0.29, 0.717) is 40.8 Å². The minimum atomic E-state index is -1.81. The van der Waals surface area contributed by atoms with Crippen LogP contribution in [0.2, 0.25) is 16.6 Å². The Morgan fingerprint density at radius 3 is 2.15 bits per heavy atom. The molecule has 114 valence electrons. The van der Waals surface area contributed by atoms with Crippen molar-refractivity contribution >= 4 is 14.1 Å². The second-order valence-corrected chi connectivity index (χ2v) is 12.9. The molecule has 2 rings (SSSR count). The van der Waals surface area contributed by atoms with E-state index in [9.17, 15) is 4.79 Å². The summed E-state index contributed by atoms with van der Waals surface area (Å²) in [5.74, 6) is 0.704. The Bertz CT molecular complexity index is 387. The quantitative estimate of drug-likeness (QED) is 0.677. The first-order valence-electron chi connectivity index (χ1n) is 8.20. The summed E-state index contributed by atoms with van der Waals surface area (Å²) < 4.78 is 6.89. The Balaban J connectivity index is 2.21. The number of rotatable bonds is 5. The molecule has 0 aromatic heterocycles. The maximum Gasteiger partial charge on any atom is 0.200 e. The smallest absolute Gasteiger partial charge is 0.200 e. The third kappa shape index (κ3) is 2.55. The van der Waals surface area contributed by atoms with Gasteiger partial charge < -0.3 is 4.43 Å². The van der Waals surface area contributed by atoms with Crippen LogP contribution in [0.4, 0.5) is 0 Å². The van der Waals surface area contributed by atoms with Crippen LogP contribution in [0.25, 0.3) is 0 Å². The number of ketones is 1. The molecule has 2 nitrogen and oxygen atoms in total. The van der Waals surface area contributed by atoms with E-state index < -0.39 is 8.32 Å². The van der Waals surface area contributed by atoms with Gasteiger partial charge in [0.05, 0.1) is 6.10 Å². The Morgan fingerprint density at radius 2 is 1.65 bits per heavy atom. The first kappa shape index (κ1) is 16.0. The second-order valence-electron chi connectivity index (χ2n) is 7.51. The fourth-order valence-corrected chi connectivity index (χ4v) is 10.3. The highest BCUT2D eigenvalue weighted by Crippen LogP contribution is 2.48. The zero-order valence-electron chi connectivity index (χ0n) is 13.9. The van der Waals surface area contributed by atoms with Crippen molar-refractivity contribution < 1.29 is 9.22 Å². The largest absolute Gasteiger partial charge is 0.413 e. The van der Waals surface area contributed by atoms with Gasteiger partial charge >= 0.3 is 0 Å². The lowest BCUT2D eigenvalue weighted by atomic mass is 10.0. The van der Waals surface area contributed by atoms with E-state index in [1.54, 1.807) is 0 Å². The number of carbonyl (C=O) groups is 1. The summed E-state index contributed by atoms with van der Waals surface area (Å²) in [6.07, 6.45) is 5.06. The summed E-state index contributed by atoms with van der Waals surface area (Å²) in [4.78, 5) is 11.6. The van der Waals surface area contributed by atoms with Crippen LogP contribution in [-0.4, -0.2) is 20.2 Å². The van der Waals surface area contributed by atoms with Gasteiger partial charge in [-0.25, -0.2) is 0 Å². The summed E-state index contributed by atoms with van der Waals surface area (Å²) in [6.45, 7) is 14.0. The van der Waals surface area contributed by atoms with Crippen molar-refractivity contribution in [1.82, 2.24) is 0 Å². The van der Waals surface area contributed by atoms with Crippen LogP contribution in [-0.2, 0) is 9.22 Å². The molecular formula is C17H30O2Si. The monoisotopic (exact) mass is 294 g/mol. The molecule has 2 aliphatic rings. The molecule has 20 heavy (non-hydrogen) atoms.